The van der Waals surface area contributed by atoms with Crippen molar-refractivity contribution in [2.75, 3.05) is 20.2 Å². The van der Waals surface area contributed by atoms with Crippen LogP contribution in [-0.4, -0.2) is 47.5 Å². The van der Waals surface area contributed by atoms with Gasteiger partial charge in [-0.15, -0.1) is 0 Å². The largest absolute Gasteiger partial charge is 0.491 e. The number of carbonyl (C=O) groups excluding carboxylic acids is 2. The number of hydrogen-bond donors (Lipinski definition) is 0. The highest BCUT2D eigenvalue weighted by Gasteiger charge is 2.55. The van der Waals surface area contributed by atoms with Gasteiger partial charge in [0.25, 0.3) is 5.91 Å². The topological polar surface area (TPSA) is 49.9 Å². The molecule has 0 radical (unpaired) electrons. The third kappa shape index (κ3) is 2.66. The number of imide groups is 1. The Morgan fingerprint density at radius 3 is 2.33 bits per heavy atom. The molecule has 1 heterocycles. The number of ether oxygens (including phenoxy) is 1. The van der Waals surface area contributed by atoms with Gasteiger partial charge in [-0.2, -0.15) is 0 Å². The van der Waals surface area contributed by atoms with Crippen LogP contribution in [0, 0.1) is 13.8 Å². The Hall–Kier alpha value is -2.04. The summed E-state index contributed by atoms with van der Waals surface area (Å²) in [5.74, 6) is 0.803. The van der Waals surface area contributed by atoms with Crippen LogP contribution in [0.1, 0.15) is 43.2 Å². The van der Waals surface area contributed by atoms with Crippen molar-refractivity contribution < 1.29 is 14.3 Å². The average Bonchev–Trinajstić information content (AvgIpc) is 2.74. The molecular formula is C19H26N2O3. The van der Waals surface area contributed by atoms with Crippen molar-refractivity contribution in [3.8, 4) is 5.75 Å². The SMILES string of the molecule is Cc1cccc(C)c1OCCN1C(=O)N(C)C2(CCCCC2)C1=O. The van der Waals surface area contributed by atoms with Crippen LogP contribution in [0.4, 0.5) is 4.79 Å². The lowest BCUT2D eigenvalue weighted by atomic mass is 9.81. The quantitative estimate of drug-likeness (QED) is 0.796. The van der Waals surface area contributed by atoms with E-state index in [0.29, 0.717) is 13.2 Å². The molecule has 5 heteroatoms. The van der Waals surface area contributed by atoms with Gasteiger partial charge in [0.05, 0.1) is 6.54 Å². The number of benzene rings is 1. The maximum atomic E-state index is 12.9. The molecule has 3 amide bonds. The van der Waals surface area contributed by atoms with E-state index in [2.05, 4.69) is 0 Å². The minimum absolute atomic E-state index is 0.0418. The fourth-order valence-corrected chi connectivity index (χ4v) is 3.99. The normalized spacial score (nSPS) is 20.1. The second kappa shape index (κ2) is 6.46. The van der Waals surface area contributed by atoms with Gasteiger partial charge in [0.15, 0.2) is 0 Å². The Labute approximate surface area is 143 Å². The predicted molar refractivity (Wildman–Crippen MR) is 92.1 cm³/mol. The van der Waals surface area contributed by atoms with Crippen molar-refractivity contribution >= 4 is 11.9 Å². The summed E-state index contributed by atoms with van der Waals surface area (Å²) in [6.45, 7) is 4.63. The van der Waals surface area contributed by atoms with Crippen LogP contribution in [0.15, 0.2) is 18.2 Å². The fourth-order valence-electron chi connectivity index (χ4n) is 3.99. The van der Waals surface area contributed by atoms with Crippen LogP contribution in [-0.2, 0) is 4.79 Å². The number of urea groups is 1. The zero-order valence-corrected chi connectivity index (χ0v) is 14.8. The van der Waals surface area contributed by atoms with Crippen LogP contribution in [0.2, 0.25) is 0 Å². The number of carbonyl (C=O) groups is 2. The van der Waals surface area contributed by atoms with Crippen LogP contribution in [0.25, 0.3) is 0 Å². The van der Waals surface area contributed by atoms with Crippen molar-refractivity contribution in [3.05, 3.63) is 29.3 Å². The molecule has 5 nitrogen and oxygen atoms in total. The van der Waals surface area contributed by atoms with Crippen LogP contribution in [0.5, 0.6) is 5.75 Å². The lowest BCUT2D eigenvalue weighted by molar-refractivity contribution is -0.134. The highest BCUT2D eigenvalue weighted by molar-refractivity contribution is 6.06. The zero-order valence-electron chi connectivity index (χ0n) is 14.8. The number of aryl methyl sites for hydroxylation is 2. The van der Waals surface area contributed by atoms with Gasteiger partial charge in [-0.1, -0.05) is 37.5 Å². The molecule has 0 bridgehead atoms. The molecule has 0 N–H and O–H groups in total. The van der Waals surface area contributed by atoms with E-state index in [1.54, 1.807) is 11.9 Å². The summed E-state index contributed by atoms with van der Waals surface area (Å²) in [6, 6.07) is 5.80. The molecule has 1 spiro atoms. The molecule has 24 heavy (non-hydrogen) atoms. The van der Waals surface area contributed by atoms with Gasteiger partial charge in [0, 0.05) is 7.05 Å². The molecule has 2 aliphatic rings. The molecule has 3 rings (SSSR count). The van der Waals surface area contributed by atoms with Gasteiger partial charge in [0.1, 0.15) is 17.9 Å². The number of nitrogens with zero attached hydrogens (tertiary/aromatic N) is 2. The van der Waals surface area contributed by atoms with E-state index in [9.17, 15) is 9.59 Å². The minimum atomic E-state index is -0.603. The molecule has 1 aromatic rings. The molecule has 1 saturated carbocycles. The summed E-state index contributed by atoms with van der Waals surface area (Å²) in [6.07, 6.45) is 4.73. The van der Waals surface area contributed by atoms with E-state index in [1.165, 1.54) is 4.90 Å². The highest BCUT2D eigenvalue weighted by Crippen LogP contribution is 2.39. The third-order valence-corrected chi connectivity index (χ3v) is 5.45. The van der Waals surface area contributed by atoms with Crippen LogP contribution >= 0.6 is 0 Å². The molecule has 1 saturated heterocycles. The Kier molecular flexibility index (Phi) is 4.52. The molecule has 1 aromatic carbocycles. The highest BCUT2D eigenvalue weighted by atomic mass is 16.5. The Morgan fingerprint density at radius 1 is 1.08 bits per heavy atom. The summed E-state index contributed by atoms with van der Waals surface area (Å²) in [5.41, 5.74) is 1.53. The van der Waals surface area contributed by atoms with Gasteiger partial charge >= 0.3 is 6.03 Å². The maximum absolute atomic E-state index is 12.9. The van der Waals surface area contributed by atoms with E-state index in [1.807, 2.05) is 32.0 Å². The van der Waals surface area contributed by atoms with E-state index in [-0.39, 0.29) is 11.9 Å². The van der Waals surface area contributed by atoms with Crippen molar-refractivity contribution in [2.45, 2.75) is 51.5 Å². The number of para-hydroxylation sites is 1. The first kappa shape index (κ1) is 16.8. The van der Waals surface area contributed by atoms with Gasteiger partial charge in [0.2, 0.25) is 0 Å². The van der Waals surface area contributed by atoms with Crippen molar-refractivity contribution in [2.24, 2.45) is 0 Å². The first-order valence-electron chi connectivity index (χ1n) is 8.76. The van der Waals surface area contributed by atoms with Crippen molar-refractivity contribution in [3.63, 3.8) is 0 Å². The number of rotatable bonds is 4. The maximum Gasteiger partial charge on any atom is 0.327 e. The molecular weight excluding hydrogens is 304 g/mol. The van der Waals surface area contributed by atoms with E-state index in [0.717, 1.165) is 49.0 Å². The molecule has 0 unspecified atom stereocenters. The fraction of sp³-hybridized carbons (Fsp3) is 0.579. The standard InChI is InChI=1S/C19H26N2O3/c1-14-8-7-9-15(2)16(14)24-13-12-21-17(22)19(20(3)18(21)23)10-5-4-6-11-19/h7-9H,4-6,10-13H2,1-3H3. The smallest absolute Gasteiger partial charge is 0.327 e. The first-order chi connectivity index (χ1) is 11.5. The first-order valence-corrected chi connectivity index (χ1v) is 8.76. The van der Waals surface area contributed by atoms with Crippen LogP contribution in [0.3, 0.4) is 0 Å². The summed E-state index contributed by atoms with van der Waals surface area (Å²) in [5, 5.41) is 0. The average molecular weight is 330 g/mol. The zero-order chi connectivity index (χ0) is 17.3. The Balaban J connectivity index is 1.67. The minimum Gasteiger partial charge on any atom is -0.491 e. The molecule has 130 valence electrons. The summed E-state index contributed by atoms with van der Waals surface area (Å²) in [7, 11) is 1.76. The summed E-state index contributed by atoms with van der Waals surface area (Å²) < 4.78 is 5.87. The van der Waals surface area contributed by atoms with Gasteiger partial charge in [-0.25, -0.2) is 4.79 Å². The lowest BCUT2D eigenvalue weighted by Crippen LogP contribution is -2.49. The molecule has 0 aromatic heterocycles. The Bertz CT molecular complexity index is 630. The number of amides is 3. The van der Waals surface area contributed by atoms with Gasteiger partial charge in [-0.3, -0.25) is 9.69 Å². The predicted octanol–water partition coefficient (Wildman–Crippen LogP) is 3.28. The number of likely N-dealkylation sites (N-methyl/N-ethyl adjacent to an activating group) is 1. The van der Waals surface area contributed by atoms with Gasteiger partial charge in [-0.05, 0) is 37.8 Å². The van der Waals surface area contributed by atoms with Crippen LogP contribution < -0.4 is 4.74 Å². The van der Waals surface area contributed by atoms with Crippen molar-refractivity contribution in [1.29, 1.82) is 0 Å². The second-order valence-electron chi connectivity index (χ2n) is 6.96. The number of hydrogen-bond acceptors (Lipinski definition) is 3. The Morgan fingerprint density at radius 2 is 1.71 bits per heavy atom. The van der Waals surface area contributed by atoms with E-state index in [4.69, 9.17) is 4.74 Å². The molecule has 0 atom stereocenters. The molecule has 1 aliphatic heterocycles. The van der Waals surface area contributed by atoms with Crippen molar-refractivity contribution in [1.82, 2.24) is 9.80 Å². The second-order valence-corrected chi connectivity index (χ2v) is 6.96. The van der Waals surface area contributed by atoms with E-state index < -0.39 is 5.54 Å². The molecule has 2 fully saturated rings. The van der Waals surface area contributed by atoms with E-state index >= 15 is 0 Å². The molecule has 1 aliphatic carbocycles. The summed E-state index contributed by atoms with van der Waals surface area (Å²) >= 11 is 0. The monoisotopic (exact) mass is 330 g/mol. The van der Waals surface area contributed by atoms with Gasteiger partial charge < -0.3 is 9.64 Å². The third-order valence-electron chi connectivity index (χ3n) is 5.45. The summed E-state index contributed by atoms with van der Waals surface area (Å²) in [4.78, 5) is 28.5. The lowest BCUT2D eigenvalue weighted by Gasteiger charge is -2.35.